The van der Waals surface area contributed by atoms with Gasteiger partial charge in [-0.25, -0.2) is 0 Å². The summed E-state index contributed by atoms with van der Waals surface area (Å²) < 4.78 is 12.9. The molecule has 5 rings (SSSR count). The van der Waals surface area contributed by atoms with Crippen LogP contribution >= 0.6 is 11.8 Å². The second-order valence-electron chi connectivity index (χ2n) is 8.26. The maximum absolute atomic E-state index is 12.9. The Labute approximate surface area is 203 Å². The Hall–Kier alpha value is -3.11. The lowest BCUT2D eigenvalue weighted by atomic mass is 10.1. The molecule has 178 valence electrons. The van der Waals surface area contributed by atoms with Crippen LogP contribution in [0.15, 0.2) is 47.6 Å². The zero-order valence-corrected chi connectivity index (χ0v) is 20.0. The number of hydrogen-bond acceptors (Lipinski definition) is 8. The molecule has 1 fully saturated rings. The predicted octanol–water partition coefficient (Wildman–Crippen LogP) is 2.43. The number of rotatable bonds is 8. The largest absolute Gasteiger partial charge is 0.493 e. The molecule has 1 amide bonds. The van der Waals surface area contributed by atoms with Crippen molar-refractivity contribution in [3.8, 4) is 17.2 Å². The van der Waals surface area contributed by atoms with Crippen LogP contribution in [-0.2, 0) is 17.8 Å². The van der Waals surface area contributed by atoms with Crippen molar-refractivity contribution in [3.63, 3.8) is 0 Å². The van der Waals surface area contributed by atoms with Crippen molar-refractivity contribution < 1.29 is 14.3 Å². The highest BCUT2D eigenvalue weighted by Gasteiger charge is 2.23. The molecule has 0 radical (unpaired) electrons. The summed E-state index contributed by atoms with van der Waals surface area (Å²) >= 11 is 1.35. The number of piperazine rings is 1. The summed E-state index contributed by atoms with van der Waals surface area (Å²) in [7, 11) is 0. The average molecular weight is 481 g/mol. The first-order valence-corrected chi connectivity index (χ1v) is 12.6. The Morgan fingerprint density at radius 1 is 1.15 bits per heavy atom. The van der Waals surface area contributed by atoms with Gasteiger partial charge in [0.1, 0.15) is 17.2 Å². The standard InChI is InChI=1S/C24H28N6O3S/c1-2-32-22-6-4-3-5-20(22)30-24(25-26-27-30)34-17-23(31)29-12-10-28(11-13-29)16-18-7-8-21-19(15-18)9-14-33-21/h3-8,15H,2,9-14,16-17H2,1H3. The summed E-state index contributed by atoms with van der Waals surface area (Å²) in [5.41, 5.74) is 3.37. The fraction of sp³-hybridized carbons (Fsp3) is 0.417. The number of carbonyl (C=O) groups is 1. The van der Waals surface area contributed by atoms with E-state index in [4.69, 9.17) is 9.47 Å². The number of fused-ring (bicyclic) bond motifs is 1. The van der Waals surface area contributed by atoms with Gasteiger partial charge in [0, 0.05) is 39.1 Å². The first kappa shape index (κ1) is 22.7. The molecule has 0 saturated carbocycles. The van der Waals surface area contributed by atoms with Crippen LogP contribution in [-0.4, -0.2) is 81.1 Å². The number of carbonyl (C=O) groups excluding carboxylic acids is 1. The zero-order chi connectivity index (χ0) is 23.3. The quantitative estimate of drug-likeness (QED) is 0.455. The number of benzene rings is 2. The fourth-order valence-corrected chi connectivity index (χ4v) is 5.09. The molecule has 1 saturated heterocycles. The molecule has 2 aromatic carbocycles. The van der Waals surface area contributed by atoms with Gasteiger partial charge in [-0.15, -0.1) is 5.10 Å². The van der Waals surface area contributed by atoms with Crippen molar-refractivity contribution in [1.29, 1.82) is 0 Å². The minimum Gasteiger partial charge on any atom is -0.493 e. The van der Waals surface area contributed by atoms with E-state index in [1.54, 1.807) is 4.68 Å². The van der Waals surface area contributed by atoms with Gasteiger partial charge in [0.2, 0.25) is 11.1 Å². The summed E-state index contributed by atoms with van der Waals surface area (Å²) in [4.78, 5) is 17.2. The highest BCUT2D eigenvalue weighted by atomic mass is 32.2. The number of nitrogens with zero attached hydrogens (tertiary/aromatic N) is 6. The van der Waals surface area contributed by atoms with Gasteiger partial charge < -0.3 is 14.4 Å². The maximum atomic E-state index is 12.9. The van der Waals surface area contributed by atoms with Gasteiger partial charge in [-0.1, -0.05) is 36.0 Å². The third kappa shape index (κ3) is 5.02. The van der Waals surface area contributed by atoms with Crippen LogP contribution in [0.2, 0.25) is 0 Å². The van der Waals surface area contributed by atoms with E-state index < -0.39 is 0 Å². The minimum absolute atomic E-state index is 0.104. The molecule has 3 aromatic rings. The number of aromatic nitrogens is 4. The van der Waals surface area contributed by atoms with Crippen LogP contribution in [0.5, 0.6) is 11.5 Å². The monoisotopic (exact) mass is 480 g/mol. The first-order chi connectivity index (χ1) is 16.7. The summed E-state index contributed by atoms with van der Waals surface area (Å²) in [6.07, 6.45) is 0.990. The van der Waals surface area contributed by atoms with Crippen molar-refractivity contribution in [1.82, 2.24) is 30.0 Å². The molecule has 9 nitrogen and oxygen atoms in total. The van der Waals surface area contributed by atoms with Gasteiger partial charge in [0.05, 0.1) is 19.0 Å². The molecule has 0 atom stereocenters. The van der Waals surface area contributed by atoms with E-state index in [0.717, 1.165) is 57.2 Å². The topological polar surface area (TPSA) is 85.6 Å². The van der Waals surface area contributed by atoms with E-state index in [1.165, 1.54) is 22.9 Å². The molecule has 3 heterocycles. The summed E-state index contributed by atoms with van der Waals surface area (Å²) in [6, 6.07) is 14.1. The molecule has 0 unspecified atom stereocenters. The molecule has 1 aromatic heterocycles. The lowest BCUT2D eigenvalue weighted by Gasteiger charge is -2.34. The number of amides is 1. The SMILES string of the molecule is CCOc1ccccc1-n1nnnc1SCC(=O)N1CCN(Cc2ccc3c(c2)CCO3)CC1. The van der Waals surface area contributed by atoms with Gasteiger partial charge in [-0.3, -0.25) is 9.69 Å². The van der Waals surface area contributed by atoms with Crippen LogP contribution < -0.4 is 9.47 Å². The number of thioether (sulfide) groups is 1. The van der Waals surface area contributed by atoms with Crippen molar-refractivity contribution in [2.45, 2.75) is 25.0 Å². The number of ether oxygens (including phenoxy) is 2. The van der Waals surface area contributed by atoms with E-state index in [9.17, 15) is 4.79 Å². The zero-order valence-electron chi connectivity index (χ0n) is 19.2. The van der Waals surface area contributed by atoms with E-state index >= 15 is 0 Å². The third-order valence-corrected chi connectivity index (χ3v) is 6.95. The molecule has 2 aliphatic rings. The van der Waals surface area contributed by atoms with E-state index in [0.29, 0.717) is 23.3 Å². The Balaban J connectivity index is 1.13. The van der Waals surface area contributed by atoms with Gasteiger partial charge in [-0.2, -0.15) is 4.68 Å². The molecule has 34 heavy (non-hydrogen) atoms. The van der Waals surface area contributed by atoms with Gasteiger partial charge in [-0.05, 0) is 46.7 Å². The van der Waals surface area contributed by atoms with E-state index in [1.807, 2.05) is 36.1 Å². The highest BCUT2D eigenvalue weighted by molar-refractivity contribution is 7.99. The number of tetrazole rings is 1. The van der Waals surface area contributed by atoms with Crippen LogP contribution in [0.4, 0.5) is 0 Å². The summed E-state index contributed by atoms with van der Waals surface area (Å²) in [5, 5.41) is 12.6. The lowest BCUT2D eigenvalue weighted by molar-refractivity contribution is -0.130. The number of para-hydroxylation sites is 2. The van der Waals surface area contributed by atoms with Crippen LogP contribution in [0.1, 0.15) is 18.1 Å². The minimum atomic E-state index is 0.104. The normalized spacial score (nSPS) is 15.7. The molecule has 0 N–H and O–H groups in total. The van der Waals surface area contributed by atoms with Gasteiger partial charge in [0.15, 0.2) is 0 Å². The van der Waals surface area contributed by atoms with Crippen LogP contribution in [0.25, 0.3) is 5.69 Å². The van der Waals surface area contributed by atoms with Gasteiger partial charge in [0.25, 0.3) is 0 Å². The molecule has 2 aliphatic heterocycles. The van der Waals surface area contributed by atoms with Crippen molar-refractivity contribution in [3.05, 3.63) is 53.6 Å². The molecule has 0 bridgehead atoms. The fourth-order valence-electron chi connectivity index (χ4n) is 4.30. The van der Waals surface area contributed by atoms with Crippen molar-refractivity contribution in [2.75, 3.05) is 45.1 Å². The van der Waals surface area contributed by atoms with Crippen LogP contribution in [0, 0.1) is 0 Å². The highest BCUT2D eigenvalue weighted by Crippen LogP contribution is 2.27. The smallest absolute Gasteiger partial charge is 0.233 e. The molecule has 0 aliphatic carbocycles. The maximum Gasteiger partial charge on any atom is 0.233 e. The van der Waals surface area contributed by atoms with E-state index in [2.05, 4.69) is 38.6 Å². The summed E-state index contributed by atoms with van der Waals surface area (Å²) in [6.45, 7) is 7.35. The number of hydrogen-bond donors (Lipinski definition) is 0. The lowest BCUT2D eigenvalue weighted by Crippen LogP contribution is -2.48. The van der Waals surface area contributed by atoms with Gasteiger partial charge >= 0.3 is 0 Å². The molecule has 0 spiro atoms. The predicted molar refractivity (Wildman–Crippen MR) is 129 cm³/mol. The Morgan fingerprint density at radius 3 is 2.85 bits per heavy atom. The molecular weight excluding hydrogens is 452 g/mol. The van der Waals surface area contributed by atoms with Crippen LogP contribution in [0.3, 0.4) is 0 Å². The Bertz CT molecular complexity index is 1150. The second kappa shape index (κ2) is 10.4. The van der Waals surface area contributed by atoms with Crippen molar-refractivity contribution in [2.24, 2.45) is 0 Å². The molecule has 10 heteroatoms. The van der Waals surface area contributed by atoms with E-state index in [-0.39, 0.29) is 5.91 Å². The summed E-state index contributed by atoms with van der Waals surface area (Å²) in [5.74, 6) is 2.12. The Kier molecular flexibility index (Phi) is 6.96. The molecular formula is C24H28N6O3S. The average Bonchev–Trinajstić information content (AvgIpc) is 3.53. The van der Waals surface area contributed by atoms with Crippen molar-refractivity contribution >= 4 is 17.7 Å². The first-order valence-electron chi connectivity index (χ1n) is 11.6. The third-order valence-electron chi connectivity index (χ3n) is 6.04. The second-order valence-corrected chi connectivity index (χ2v) is 9.20. The Morgan fingerprint density at radius 2 is 2.00 bits per heavy atom.